The van der Waals surface area contributed by atoms with Gasteiger partial charge in [0.05, 0.1) is 31.5 Å². The number of aliphatic hydroxyl groups is 4. The van der Waals surface area contributed by atoms with Crippen molar-refractivity contribution in [3.8, 4) is 0 Å². The van der Waals surface area contributed by atoms with Crippen LogP contribution in [0.2, 0.25) is 0 Å². The van der Waals surface area contributed by atoms with E-state index in [1.54, 1.807) is 0 Å². The normalized spacial score (nSPS) is 50.9. The quantitative estimate of drug-likeness (QED) is 0.137. The molecule has 0 heterocycles. The van der Waals surface area contributed by atoms with Crippen molar-refractivity contribution in [2.45, 2.75) is 188 Å². The average Bonchev–Trinajstić information content (AvgIpc) is 3.73. The molecule has 0 aliphatic heterocycles. The Morgan fingerprint density at radius 3 is 1.78 bits per heavy atom. The van der Waals surface area contributed by atoms with Crippen LogP contribution in [0.3, 0.4) is 0 Å². The molecule has 8 rings (SSSR count). The first-order valence-electron chi connectivity index (χ1n) is 24.0. The molecule has 8 aliphatic rings. The Labute approximate surface area is 354 Å². The Bertz CT molecular complexity index is 1560. The van der Waals surface area contributed by atoms with Crippen molar-refractivity contribution in [3.05, 3.63) is 0 Å². The van der Waals surface area contributed by atoms with E-state index in [2.05, 4.69) is 41.5 Å². The molecule has 7 N–H and O–H groups in total. The number of hydrogen-bond donors (Lipinski definition) is 6. The van der Waals surface area contributed by atoms with Crippen molar-refractivity contribution in [1.82, 2.24) is 0 Å². The van der Waals surface area contributed by atoms with E-state index in [-0.39, 0.29) is 93.9 Å². The lowest BCUT2D eigenvalue weighted by Gasteiger charge is -2.64. The Balaban J connectivity index is 0.000000179. The molecule has 8 aliphatic carbocycles. The molecule has 0 radical (unpaired) electrons. The van der Waals surface area contributed by atoms with Gasteiger partial charge in [-0.25, -0.2) is 0 Å². The van der Waals surface area contributed by atoms with Crippen LogP contribution in [0, 0.1) is 92.7 Å². The number of carboxylic acid groups (broad SMARTS) is 1. The molecule has 8 fully saturated rings. The van der Waals surface area contributed by atoms with Gasteiger partial charge in [-0.3, -0.25) is 14.4 Å². The van der Waals surface area contributed by atoms with Crippen molar-refractivity contribution < 1.29 is 44.7 Å². The number of ether oxygens (including phenoxy) is 1. The van der Waals surface area contributed by atoms with E-state index < -0.39 is 12.1 Å². The summed E-state index contributed by atoms with van der Waals surface area (Å²) in [5.74, 6) is 3.30. The smallest absolute Gasteiger partial charge is 0.305 e. The topological polar surface area (TPSA) is 188 Å². The summed E-state index contributed by atoms with van der Waals surface area (Å²) in [6.07, 6.45) is 13.5. The van der Waals surface area contributed by atoms with Crippen LogP contribution in [0.5, 0.6) is 0 Å². The van der Waals surface area contributed by atoms with Gasteiger partial charge in [-0.1, -0.05) is 41.5 Å². The first-order chi connectivity index (χ1) is 27.7. The SMILES string of the molecule is COC(=O)CC[C@@H](C)[C@H]1CC[C@H]2[C@@H]3[C@H](N)C[C@@H]4C[C@H](O)CC[C@]4(C)[C@H]3C[C@H](O)[C@]12C.C[C@H](CCC(=O)O)[C@H]1CC[C@H]2[C@@H]3C(=O)C[C@@H]4C[C@H](O)CC[C@]4(C)[C@H]3C[C@H](O)[C@]12C. The summed E-state index contributed by atoms with van der Waals surface area (Å²) in [4.78, 5) is 36.1. The Kier molecular flexibility index (Phi) is 13.0. The summed E-state index contributed by atoms with van der Waals surface area (Å²) in [5.41, 5.74) is 6.68. The van der Waals surface area contributed by atoms with Gasteiger partial charge in [-0.05, 0) is 178 Å². The number of rotatable bonds is 8. The maximum atomic E-state index is 13.4. The lowest BCUT2D eigenvalue weighted by atomic mass is 9.42. The molecule has 0 aromatic rings. The van der Waals surface area contributed by atoms with Gasteiger partial charge < -0.3 is 36.0 Å². The summed E-state index contributed by atoms with van der Waals surface area (Å²) in [7, 11) is 1.45. The van der Waals surface area contributed by atoms with Crippen LogP contribution in [-0.2, 0) is 19.1 Å². The fourth-order valence-corrected chi connectivity index (χ4v) is 17.3. The van der Waals surface area contributed by atoms with Gasteiger partial charge in [0.15, 0.2) is 0 Å². The Morgan fingerprint density at radius 1 is 0.695 bits per heavy atom. The molecule has 8 saturated carbocycles. The molecule has 10 heteroatoms. The van der Waals surface area contributed by atoms with Gasteiger partial charge in [-0.15, -0.1) is 0 Å². The number of carbonyl (C=O) groups is 3. The third kappa shape index (κ3) is 7.58. The molecule has 10 nitrogen and oxygen atoms in total. The van der Waals surface area contributed by atoms with Gasteiger partial charge in [-0.2, -0.15) is 0 Å². The fourth-order valence-electron chi connectivity index (χ4n) is 17.3. The number of nitrogens with two attached hydrogens (primary N) is 1. The molecule has 0 unspecified atom stereocenters. The maximum absolute atomic E-state index is 13.4. The highest BCUT2D eigenvalue weighted by atomic mass is 16.5. The average molecular weight is 828 g/mol. The van der Waals surface area contributed by atoms with Crippen molar-refractivity contribution in [2.24, 2.45) is 98.4 Å². The number of ketones is 1. The molecule has 0 saturated heterocycles. The fraction of sp³-hybridized carbons (Fsp3) is 0.939. The second-order valence-corrected chi connectivity index (χ2v) is 23.0. The Morgan fingerprint density at radius 2 is 1.20 bits per heavy atom. The van der Waals surface area contributed by atoms with E-state index in [9.17, 15) is 34.8 Å². The number of esters is 1. The van der Waals surface area contributed by atoms with Gasteiger partial charge >= 0.3 is 11.9 Å². The van der Waals surface area contributed by atoms with Gasteiger partial charge in [0.1, 0.15) is 5.78 Å². The number of methoxy groups -OCH3 is 1. The summed E-state index contributed by atoms with van der Waals surface area (Å²) in [6, 6.07) is 0.166. The summed E-state index contributed by atoms with van der Waals surface area (Å²) < 4.78 is 4.85. The molecule has 0 bridgehead atoms. The molecule has 0 amide bonds. The van der Waals surface area contributed by atoms with Gasteiger partial charge in [0.2, 0.25) is 0 Å². The second-order valence-electron chi connectivity index (χ2n) is 23.0. The van der Waals surface area contributed by atoms with Crippen LogP contribution < -0.4 is 5.73 Å². The third-order valence-electron chi connectivity index (χ3n) is 20.8. The highest BCUT2D eigenvalue weighted by molar-refractivity contribution is 5.83. The van der Waals surface area contributed by atoms with Crippen LogP contribution in [0.15, 0.2) is 0 Å². The standard InChI is InChI=1S/C25H43NO4.C24H38O5/c1-14(5-8-22(29)30-4)17-6-7-18-23-19(13-21(28)25(17,18)3)24(2)10-9-16(27)11-15(24)12-20(23)26;1-13(4-7-21(28)29)16-5-6-17-22-18(12-20(27)24(16,17)3)23(2)9-8-15(25)10-14(23)11-19(22)26/h14-21,23,27-28H,5-13,26H2,1-4H3;13-18,20,22,25,27H,4-12H2,1-3H3,(H,28,29)/t14-,15+,16-,17-,18+,19+,20-,21+,23+,24+,25-;13-,14+,15-,16-,17+,18+,20+,22+,23+,24-/m11/s1. The van der Waals surface area contributed by atoms with Crippen LogP contribution in [0.1, 0.15) is 157 Å². The number of fused-ring (bicyclic) bond motifs is 10. The zero-order valence-electron chi connectivity index (χ0n) is 37.5. The van der Waals surface area contributed by atoms with Gasteiger partial charge in [0.25, 0.3) is 0 Å². The van der Waals surface area contributed by atoms with E-state index >= 15 is 0 Å². The predicted molar refractivity (Wildman–Crippen MR) is 225 cm³/mol. The number of carboxylic acids is 1. The monoisotopic (exact) mass is 828 g/mol. The van der Waals surface area contributed by atoms with Crippen LogP contribution in [0.25, 0.3) is 0 Å². The number of hydrogen-bond acceptors (Lipinski definition) is 9. The lowest BCUT2D eigenvalue weighted by molar-refractivity contribution is -0.182. The van der Waals surface area contributed by atoms with E-state index in [1.165, 1.54) is 7.11 Å². The highest BCUT2D eigenvalue weighted by Gasteiger charge is 2.67. The van der Waals surface area contributed by atoms with E-state index in [1.807, 2.05) is 0 Å². The predicted octanol–water partition coefficient (Wildman–Crippen LogP) is 7.16. The first kappa shape index (κ1) is 45.4. The molecule has 336 valence electrons. The van der Waals surface area contributed by atoms with Crippen LogP contribution in [-0.4, -0.2) is 80.8 Å². The summed E-state index contributed by atoms with van der Waals surface area (Å²) in [6.45, 7) is 13.6. The highest BCUT2D eigenvalue weighted by Crippen LogP contribution is 2.70. The van der Waals surface area contributed by atoms with E-state index in [0.717, 1.165) is 83.5 Å². The minimum atomic E-state index is -0.762. The molecular weight excluding hydrogens is 747 g/mol. The largest absolute Gasteiger partial charge is 0.481 e. The van der Waals surface area contributed by atoms with Crippen LogP contribution in [0.4, 0.5) is 0 Å². The minimum absolute atomic E-state index is 0.0246. The maximum Gasteiger partial charge on any atom is 0.305 e. The molecule has 59 heavy (non-hydrogen) atoms. The lowest BCUT2D eigenvalue weighted by Crippen LogP contribution is -2.64. The zero-order chi connectivity index (χ0) is 43.0. The number of carbonyl (C=O) groups excluding carboxylic acids is 2. The Hall–Kier alpha value is -1.59. The second kappa shape index (κ2) is 16.8. The van der Waals surface area contributed by atoms with Gasteiger partial charge in [0, 0.05) is 36.6 Å². The third-order valence-corrected chi connectivity index (χ3v) is 20.8. The molecule has 0 spiro atoms. The summed E-state index contributed by atoms with van der Waals surface area (Å²) >= 11 is 0. The first-order valence-corrected chi connectivity index (χ1v) is 24.0. The van der Waals surface area contributed by atoms with E-state index in [0.29, 0.717) is 67.0 Å². The van der Waals surface area contributed by atoms with Crippen molar-refractivity contribution in [1.29, 1.82) is 0 Å². The van der Waals surface area contributed by atoms with Crippen molar-refractivity contribution in [3.63, 3.8) is 0 Å². The zero-order valence-corrected chi connectivity index (χ0v) is 37.5. The molecule has 0 aromatic carbocycles. The minimum Gasteiger partial charge on any atom is -0.481 e. The number of Topliss-reactive ketones (excluding diaryl/α,β-unsaturated/α-hetero) is 1. The van der Waals surface area contributed by atoms with Crippen molar-refractivity contribution >= 4 is 17.7 Å². The van der Waals surface area contributed by atoms with Crippen molar-refractivity contribution in [2.75, 3.05) is 7.11 Å². The van der Waals surface area contributed by atoms with E-state index in [4.69, 9.17) is 15.6 Å². The number of aliphatic carboxylic acids is 1. The van der Waals surface area contributed by atoms with Crippen LogP contribution >= 0.6 is 0 Å². The molecule has 0 aromatic heterocycles. The molecular formula is C49H81NO9. The number of aliphatic hydroxyl groups excluding tert-OH is 4. The summed E-state index contributed by atoms with van der Waals surface area (Å²) in [5, 5.41) is 52.5. The molecule has 21 atom stereocenters.